The van der Waals surface area contributed by atoms with E-state index in [4.69, 9.17) is 5.11 Å². The van der Waals surface area contributed by atoms with E-state index >= 15 is 0 Å². The highest BCUT2D eigenvalue weighted by molar-refractivity contribution is 5.94. The van der Waals surface area contributed by atoms with Crippen LogP contribution in [0, 0.1) is 0 Å². The van der Waals surface area contributed by atoms with Gasteiger partial charge in [-0.2, -0.15) is 0 Å². The van der Waals surface area contributed by atoms with Gasteiger partial charge in [-0.05, 0) is 12.1 Å². The largest absolute Gasteiger partial charge is 0.478 e. The molecule has 84 valence electrons. The van der Waals surface area contributed by atoms with Crippen molar-refractivity contribution in [1.29, 1.82) is 0 Å². The molecule has 0 aliphatic carbocycles. The molecule has 1 aromatic rings. The van der Waals surface area contributed by atoms with Gasteiger partial charge < -0.3 is 10.0 Å². The monoisotopic (exact) mass is 217 g/mol. The van der Waals surface area contributed by atoms with Crippen LogP contribution in [0.1, 0.15) is 10.4 Å². The Kier molecular flexibility index (Phi) is 4.33. The summed E-state index contributed by atoms with van der Waals surface area (Å²) in [5.74, 6) is -0.922. The molecular weight excluding hydrogens is 202 g/mol. The molecule has 3 nitrogen and oxygen atoms in total. The van der Waals surface area contributed by atoms with Crippen LogP contribution < -0.4 is 4.90 Å². The zero-order valence-corrected chi connectivity index (χ0v) is 9.10. The average molecular weight is 217 g/mol. The molecule has 16 heavy (non-hydrogen) atoms. The van der Waals surface area contributed by atoms with Gasteiger partial charge in [0.2, 0.25) is 0 Å². The predicted octanol–water partition coefficient (Wildman–Crippen LogP) is 2.56. The molecule has 1 N–H and O–H groups in total. The van der Waals surface area contributed by atoms with E-state index in [1.54, 1.807) is 30.4 Å². The number of rotatable bonds is 6. The Labute approximate surface area is 95.3 Å². The zero-order valence-electron chi connectivity index (χ0n) is 9.10. The summed E-state index contributed by atoms with van der Waals surface area (Å²) in [6.45, 7) is 8.51. The third-order valence-corrected chi connectivity index (χ3v) is 2.17. The highest BCUT2D eigenvalue weighted by atomic mass is 16.4. The fourth-order valence-corrected chi connectivity index (χ4v) is 1.51. The normalized spacial score (nSPS) is 9.50. The molecule has 1 rings (SSSR count). The Hall–Kier alpha value is -2.03. The predicted molar refractivity (Wildman–Crippen MR) is 66.0 cm³/mol. The van der Waals surface area contributed by atoms with Gasteiger partial charge in [-0.25, -0.2) is 4.79 Å². The van der Waals surface area contributed by atoms with Gasteiger partial charge in [-0.1, -0.05) is 24.3 Å². The van der Waals surface area contributed by atoms with Gasteiger partial charge >= 0.3 is 5.97 Å². The van der Waals surface area contributed by atoms with E-state index in [1.165, 1.54) is 0 Å². The summed E-state index contributed by atoms with van der Waals surface area (Å²) in [5.41, 5.74) is 0.987. The molecule has 0 spiro atoms. The van der Waals surface area contributed by atoms with E-state index in [9.17, 15) is 4.79 Å². The van der Waals surface area contributed by atoms with Crippen LogP contribution in [-0.2, 0) is 0 Å². The standard InChI is InChI=1S/C13H15NO2/c1-3-9-14(10-4-2)12-8-6-5-7-11(12)13(15)16/h3-8H,1-2,9-10H2,(H,15,16). The van der Waals surface area contributed by atoms with Crippen molar-refractivity contribution < 1.29 is 9.90 Å². The molecular formula is C13H15NO2. The van der Waals surface area contributed by atoms with Crippen molar-refractivity contribution in [2.75, 3.05) is 18.0 Å². The van der Waals surface area contributed by atoms with Crippen molar-refractivity contribution >= 4 is 11.7 Å². The molecule has 0 amide bonds. The van der Waals surface area contributed by atoms with Crippen molar-refractivity contribution in [3.63, 3.8) is 0 Å². The fourth-order valence-electron chi connectivity index (χ4n) is 1.51. The van der Waals surface area contributed by atoms with Gasteiger partial charge in [-0.15, -0.1) is 13.2 Å². The second-order valence-electron chi connectivity index (χ2n) is 3.30. The van der Waals surface area contributed by atoms with Crippen molar-refractivity contribution in [3.8, 4) is 0 Å². The summed E-state index contributed by atoms with van der Waals surface area (Å²) >= 11 is 0. The third kappa shape index (κ3) is 2.73. The van der Waals surface area contributed by atoms with Crippen LogP contribution in [0.25, 0.3) is 0 Å². The number of carboxylic acid groups (broad SMARTS) is 1. The fraction of sp³-hybridized carbons (Fsp3) is 0.154. The Morgan fingerprint density at radius 3 is 2.31 bits per heavy atom. The summed E-state index contributed by atoms with van der Waals surface area (Å²) in [7, 11) is 0. The first-order valence-electron chi connectivity index (χ1n) is 4.99. The van der Waals surface area contributed by atoms with E-state index in [2.05, 4.69) is 13.2 Å². The average Bonchev–Trinajstić information content (AvgIpc) is 2.29. The maximum absolute atomic E-state index is 11.1. The number of aromatic carboxylic acids is 1. The van der Waals surface area contributed by atoms with Crippen molar-refractivity contribution in [2.24, 2.45) is 0 Å². The van der Waals surface area contributed by atoms with Gasteiger partial charge in [0.25, 0.3) is 0 Å². The highest BCUT2D eigenvalue weighted by Gasteiger charge is 2.13. The maximum Gasteiger partial charge on any atom is 0.337 e. The number of benzene rings is 1. The lowest BCUT2D eigenvalue weighted by Gasteiger charge is -2.23. The Morgan fingerprint density at radius 1 is 1.25 bits per heavy atom. The second kappa shape index (κ2) is 5.75. The smallest absolute Gasteiger partial charge is 0.337 e. The summed E-state index contributed by atoms with van der Waals surface area (Å²) in [5, 5.41) is 9.07. The molecule has 3 heteroatoms. The molecule has 0 aromatic heterocycles. The van der Waals surface area contributed by atoms with E-state index in [0.717, 1.165) is 0 Å². The number of para-hydroxylation sites is 1. The molecule has 0 aliphatic heterocycles. The molecule has 0 aliphatic rings. The Balaban J connectivity index is 3.11. The van der Waals surface area contributed by atoms with Crippen LogP contribution in [-0.4, -0.2) is 24.2 Å². The van der Waals surface area contributed by atoms with E-state index in [-0.39, 0.29) is 0 Å². The first-order chi connectivity index (χ1) is 7.70. The van der Waals surface area contributed by atoms with Crippen LogP contribution in [0.4, 0.5) is 5.69 Å². The van der Waals surface area contributed by atoms with E-state index in [1.807, 2.05) is 11.0 Å². The minimum absolute atomic E-state index is 0.297. The van der Waals surface area contributed by atoms with Crippen molar-refractivity contribution in [2.45, 2.75) is 0 Å². The van der Waals surface area contributed by atoms with Gasteiger partial charge in [0.15, 0.2) is 0 Å². The molecule has 0 saturated heterocycles. The van der Waals surface area contributed by atoms with Crippen LogP contribution in [0.2, 0.25) is 0 Å². The molecule has 0 radical (unpaired) electrons. The molecule has 0 fully saturated rings. The van der Waals surface area contributed by atoms with Crippen LogP contribution in [0.3, 0.4) is 0 Å². The lowest BCUT2D eigenvalue weighted by atomic mass is 10.1. The third-order valence-electron chi connectivity index (χ3n) is 2.17. The molecule has 0 saturated carbocycles. The van der Waals surface area contributed by atoms with Crippen molar-refractivity contribution in [3.05, 3.63) is 55.1 Å². The maximum atomic E-state index is 11.1. The van der Waals surface area contributed by atoms with Gasteiger partial charge in [0.05, 0.1) is 11.3 Å². The zero-order chi connectivity index (χ0) is 12.0. The van der Waals surface area contributed by atoms with Crippen LogP contribution in [0.15, 0.2) is 49.6 Å². The lowest BCUT2D eigenvalue weighted by Crippen LogP contribution is -2.25. The number of hydrogen-bond donors (Lipinski definition) is 1. The first kappa shape index (κ1) is 12.0. The Bertz CT molecular complexity index is 389. The Morgan fingerprint density at radius 2 is 1.81 bits per heavy atom. The van der Waals surface area contributed by atoms with Crippen molar-refractivity contribution in [1.82, 2.24) is 0 Å². The summed E-state index contributed by atoms with van der Waals surface area (Å²) < 4.78 is 0. The lowest BCUT2D eigenvalue weighted by molar-refractivity contribution is 0.0697. The highest BCUT2D eigenvalue weighted by Crippen LogP contribution is 2.20. The minimum atomic E-state index is -0.922. The quantitative estimate of drug-likeness (QED) is 0.744. The van der Waals surface area contributed by atoms with E-state index < -0.39 is 5.97 Å². The van der Waals surface area contributed by atoms with E-state index in [0.29, 0.717) is 24.3 Å². The number of hydrogen-bond acceptors (Lipinski definition) is 2. The second-order valence-corrected chi connectivity index (χ2v) is 3.30. The number of carboxylic acids is 1. The molecule has 0 atom stereocenters. The summed E-state index contributed by atoms with van der Waals surface area (Å²) in [4.78, 5) is 13.0. The minimum Gasteiger partial charge on any atom is -0.478 e. The first-order valence-corrected chi connectivity index (χ1v) is 4.99. The topological polar surface area (TPSA) is 40.5 Å². The van der Waals surface area contributed by atoms with Gasteiger partial charge in [0.1, 0.15) is 0 Å². The van der Waals surface area contributed by atoms with Gasteiger partial charge in [0, 0.05) is 13.1 Å². The molecule has 0 heterocycles. The van der Waals surface area contributed by atoms with Crippen LogP contribution in [0.5, 0.6) is 0 Å². The summed E-state index contributed by atoms with van der Waals surface area (Å²) in [6, 6.07) is 6.92. The molecule has 0 bridgehead atoms. The van der Waals surface area contributed by atoms with Gasteiger partial charge in [-0.3, -0.25) is 0 Å². The number of anilines is 1. The number of carbonyl (C=O) groups is 1. The molecule has 1 aromatic carbocycles. The summed E-state index contributed by atoms with van der Waals surface area (Å²) in [6.07, 6.45) is 3.48. The number of nitrogens with zero attached hydrogens (tertiary/aromatic N) is 1. The van der Waals surface area contributed by atoms with Crippen LogP contribution >= 0.6 is 0 Å². The SMILES string of the molecule is C=CCN(CC=C)c1ccccc1C(=O)O. The molecule has 0 unspecified atom stereocenters.